The van der Waals surface area contributed by atoms with Gasteiger partial charge in [-0.3, -0.25) is 4.79 Å². The van der Waals surface area contributed by atoms with Crippen molar-refractivity contribution in [3.8, 4) is 5.75 Å². The molecule has 1 heterocycles. The third-order valence-corrected chi connectivity index (χ3v) is 3.06. The van der Waals surface area contributed by atoms with E-state index in [1.807, 2.05) is 13.8 Å². The summed E-state index contributed by atoms with van der Waals surface area (Å²) in [4.78, 5) is 14.2. The molecule has 0 aliphatic carbocycles. The highest BCUT2D eigenvalue weighted by molar-refractivity contribution is 5.97. The molecule has 0 radical (unpaired) electrons. The molecule has 0 saturated carbocycles. The molecule has 17 heavy (non-hydrogen) atoms. The molecule has 1 fully saturated rings. The van der Waals surface area contributed by atoms with Crippen LogP contribution in [0.5, 0.6) is 5.75 Å². The average Bonchev–Trinajstić information content (AvgIpc) is 2.41. The van der Waals surface area contributed by atoms with Gasteiger partial charge in [0.15, 0.2) is 0 Å². The Hall–Kier alpha value is -1.55. The Labute approximate surface area is 101 Å². The molecule has 0 unspecified atom stereocenters. The van der Waals surface area contributed by atoms with E-state index in [-0.39, 0.29) is 11.7 Å². The van der Waals surface area contributed by atoms with Crippen LogP contribution < -0.4 is 10.2 Å². The Balaban J connectivity index is 2.30. The van der Waals surface area contributed by atoms with E-state index >= 15 is 0 Å². The fraction of sp³-hybridized carbons (Fsp3) is 0.462. The standard InChI is InChI=1S/C13H18N2O2/c1-13(2)9-14-7-8-15(12(13)17)10-3-5-11(16)6-4-10/h3-6,14,16H,7-9H2,1-2H3. The second kappa shape index (κ2) is 4.37. The summed E-state index contributed by atoms with van der Waals surface area (Å²) >= 11 is 0. The smallest absolute Gasteiger partial charge is 0.233 e. The minimum Gasteiger partial charge on any atom is -0.508 e. The third-order valence-electron chi connectivity index (χ3n) is 3.06. The first kappa shape index (κ1) is 11.9. The highest BCUT2D eigenvalue weighted by atomic mass is 16.3. The number of nitrogens with zero attached hydrogens (tertiary/aromatic N) is 1. The normalized spacial score (nSPS) is 20.1. The monoisotopic (exact) mass is 234 g/mol. The van der Waals surface area contributed by atoms with Crippen LogP contribution in [-0.4, -0.2) is 30.6 Å². The van der Waals surface area contributed by atoms with E-state index in [2.05, 4.69) is 5.32 Å². The summed E-state index contributed by atoms with van der Waals surface area (Å²) in [6, 6.07) is 6.76. The number of carbonyl (C=O) groups excluding carboxylic acids is 1. The predicted octanol–water partition coefficient (Wildman–Crippen LogP) is 1.35. The fourth-order valence-corrected chi connectivity index (χ4v) is 2.01. The molecule has 92 valence electrons. The molecule has 2 rings (SSSR count). The Morgan fingerprint density at radius 3 is 2.59 bits per heavy atom. The van der Waals surface area contributed by atoms with Gasteiger partial charge in [0.1, 0.15) is 5.75 Å². The molecule has 2 N–H and O–H groups in total. The maximum absolute atomic E-state index is 12.4. The van der Waals surface area contributed by atoms with Crippen LogP contribution in [0.3, 0.4) is 0 Å². The molecule has 1 aliphatic rings. The van der Waals surface area contributed by atoms with Gasteiger partial charge in [0.2, 0.25) is 5.91 Å². The number of anilines is 1. The first-order chi connectivity index (χ1) is 8.00. The molecule has 4 nitrogen and oxygen atoms in total. The molecular formula is C13H18N2O2. The molecule has 1 aromatic rings. The van der Waals surface area contributed by atoms with Crippen LogP contribution in [0.25, 0.3) is 0 Å². The van der Waals surface area contributed by atoms with Crippen molar-refractivity contribution < 1.29 is 9.90 Å². The van der Waals surface area contributed by atoms with Crippen LogP contribution >= 0.6 is 0 Å². The average molecular weight is 234 g/mol. The van der Waals surface area contributed by atoms with Crippen LogP contribution in [0.15, 0.2) is 24.3 Å². The number of phenols is 1. The number of hydrogen-bond acceptors (Lipinski definition) is 3. The number of carbonyl (C=O) groups is 1. The van der Waals surface area contributed by atoms with Gasteiger partial charge in [0.05, 0.1) is 5.41 Å². The second-order valence-corrected chi connectivity index (χ2v) is 5.03. The molecule has 0 bridgehead atoms. The largest absolute Gasteiger partial charge is 0.508 e. The molecule has 0 aromatic heterocycles. The van der Waals surface area contributed by atoms with Gasteiger partial charge in [0, 0.05) is 25.3 Å². The van der Waals surface area contributed by atoms with Crippen molar-refractivity contribution in [2.24, 2.45) is 5.41 Å². The van der Waals surface area contributed by atoms with Crippen molar-refractivity contribution in [1.29, 1.82) is 0 Å². The van der Waals surface area contributed by atoms with Crippen molar-refractivity contribution in [2.75, 3.05) is 24.5 Å². The lowest BCUT2D eigenvalue weighted by Crippen LogP contribution is -2.41. The summed E-state index contributed by atoms with van der Waals surface area (Å²) in [6.07, 6.45) is 0. The zero-order valence-electron chi connectivity index (χ0n) is 10.2. The second-order valence-electron chi connectivity index (χ2n) is 5.03. The number of nitrogens with one attached hydrogen (secondary N) is 1. The molecular weight excluding hydrogens is 216 g/mol. The Morgan fingerprint density at radius 1 is 1.29 bits per heavy atom. The third kappa shape index (κ3) is 2.42. The molecule has 4 heteroatoms. The number of hydrogen-bond donors (Lipinski definition) is 2. The summed E-state index contributed by atoms with van der Waals surface area (Å²) in [5.41, 5.74) is 0.443. The number of rotatable bonds is 1. The first-order valence-electron chi connectivity index (χ1n) is 5.82. The zero-order chi connectivity index (χ0) is 12.5. The predicted molar refractivity (Wildman–Crippen MR) is 67.1 cm³/mol. The number of amides is 1. The minimum atomic E-state index is -0.394. The highest BCUT2D eigenvalue weighted by Gasteiger charge is 2.34. The summed E-state index contributed by atoms with van der Waals surface area (Å²) in [5.74, 6) is 0.335. The van der Waals surface area contributed by atoms with Crippen molar-refractivity contribution in [3.63, 3.8) is 0 Å². The van der Waals surface area contributed by atoms with E-state index in [0.717, 1.165) is 12.2 Å². The lowest BCUT2D eigenvalue weighted by Gasteiger charge is -2.28. The highest BCUT2D eigenvalue weighted by Crippen LogP contribution is 2.26. The number of aromatic hydroxyl groups is 1. The topological polar surface area (TPSA) is 52.6 Å². The molecule has 1 amide bonds. The van der Waals surface area contributed by atoms with Crippen LogP contribution in [0.1, 0.15) is 13.8 Å². The van der Waals surface area contributed by atoms with Crippen LogP contribution in [0.4, 0.5) is 5.69 Å². The van der Waals surface area contributed by atoms with Gasteiger partial charge in [-0.05, 0) is 38.1 Å². The lowest BCUT2D eigenvalue weighted by atomic mass is 9.92. The van der Waals surface area contributed by atoms with E-state index in [1.54, 1.807) is 29.2 Å². The summed E-state index contributed by atoms with van der Waals surface area (Å²) in [7, 11) is 0. The van der Waals surface area contributed by atoms with Crippen LogP contribution in [0, 0.1) is 5.41 Å². The summed E-state index contributed by atoms with van der Waals surface area (Å²) < 4.78 is 0. The van der Waals surface area contributed by atoms with E-state index in [9.17, 15) is 9.90 Å². The van der Waals surface area contributed by atoms with E-state index in [1.165, 1.54) is 0 Å². The SMILES string of the molecule is CC1(C)CNCCN(c2ccc(O)cc2)C1=O. The van der Waals surface area contributed by atoms with Gasteiger partial charge < -0.3 is 15.3 Å². The number of phenolic OH excluding ortho intramolecular Hbond substituents is 1. The minimum absolute atomic E-state index is 0.119. The maximum atomic E-state index is 12.4. The molecule has 1 saturated heterocycles. The zero-order valence-corrected chi connectivity index (χ0v) is 10.2. The lowest BCUT2D eigenvalue weighted by molar-refractivity contribution is -0.125. The van der Waals surface area contributed by atoms with Crippen molar-refractivity contribution in [1.82, 2.24) is 5.32 Å². The van der Waals surface area contributed by atoms with Gasteiger partial charge in [-0.15, -0.1) is 0 Å². The van der Waals surface area contributed by atoms with Crippen molar-refractivity contribution in [2.45, 2.75) is 13.8 Å². The first-order valence-corrected chi connectivity index (χ1v) is 5.82. The van der Waals surface area contributed by atoms with Crippen LogP contribution in [0.2, 0.25) is 0 Å². The summed E-state index contributed by atoms with van der Waals surface area (Å²) in [5, 5.41) is 12.5. The van der Waals surface area contributed by atoms with Crippen molar-refractivity contribution in [3.05, 3.63) is 24.3 Å². The molecule has 0 spiro atoms. The summed E-state index contributed by atoms with van der Waals surface area (Å²) in [6.45, 7) is 6.03. The van der Waals surface area contributed by atoms with Gasteiger partial charge in [-0.1, -0.05) is 0 Å². The Bertz CT molecular complexity index is 412. The van der Waals surface area contributed by atoms with Gasteiger partial charge >= 0.3 is 0 Å². The van der Waals surface area contributed by atoms with E-state index in [4.69, 9.17) is 0 Å². The molecule has 0 atom stereocenters. The maximum Gasteiger partial charge on any atom is 0.233 e. The van der Waals surface area contributed by atoms with Gasteiger partial charge in [-0.2, -0.15) is 0 Å². The van der Waals surface area contributed by atoms with Crippen LogP contribution in [-0.2, 0) is 4.79 Å². The Kier molecular flexibility index (Phi) is 3.07. The van der Waals surface area contributed by atoms with Crippen molar-refractivity contribution >= 4 is 11.6 Å². The van der Waals surface area contributed by atoms with E-state index < -0.39 is 5.41 Å². The number of benzene rings is 1. The fourth-order valence-electron chi connectivity index (χ4n) is 2.01. The quantitative estimate of drug-likeness (QED) is 0.771. The molecule has 1 aliphatic heterocycles. The van der Waals surface area contributed by atoms with Gasteiger partial charge in [-0.25, -0.2) is 0 Å². The van der Waals surface area contributed by atoms with Gasteiger partial charge in [0.25, 0.3) is 0 Å². The van der Waals surface area contributed by atoms with E-state index in [0.29, 0.717) is 13.1 Å². The molecule has 1 aromatic carbocycles. The Morgan fingerprint density at radius 2 is 1.94 bits per heavy atom.